The van der Waals surface area contributed by atoms with E-state index in [1.165, 1.54) is 13.4 Å². The molecule has 1 aromatic heterocycles. The van der Waals surface area contributed by atoms with Gasteiger partial charge in [-0.25, -0.2) is 4.98 Å². The Balaban J connectivity index is 3.19. The molecule has 7 heteroatoms. The summed E-state index contributed by atoms with van der Waals surface area (Å²) in [6.07, 6.45) is 2.04. The summed E-state index contributed by atoms with van der Waals surface area (Å²) in [6.45, 7) is 5.86. The Hall–Kier alpha value is -1.92. The molecule has 0 saturated carbocycles. The summed E-state index contributed by atoms with van der Waals surface area (Å²) in [5.41, 5.74) is -0.527. The number of nitro groups is 1. The molecule has 0 aliphatic carbocycles. The van der Waals surface area contributed by atoms with E-state index < -0.39 is 4.92 Å². The third kappa shape index (κ3) is 3.02. The number of aromatic nitrogens is 2. The van der Waals surface area contributed by atoms with Crippen LogP contribution in [0.3, 0.4) is 0 Å². The molecular weight excluding hydrogens is 224 g/mol. The van der Waals surface area contributed by atoms with Crippen molar-refractivity contribution < 1.29 is 9.66 Å². The minimum absolute atomic E-state index is 0.0422. The van der Waals surface area contributed by atoms with Gasteiger partial charge in [0.1, 0.15) is 6.33 Å². The van der Waals surface area contributed by atoms with Crippen LogP contribution in [0.5, 0.6) is 5.88 Å². The first-order valence-electron chi connectivity index (χ1n) is 5.23. The largest absolute Gasteiger partial charge is 0.476 e. The number of methoxy groups -OCH3 is 1. The van der Waals surface area contributed by atoms with Crippen molar-refractivity contribution in [2.75, 3.05) is 12.4 Å². The average molecular weight is 240 g/mol. The molecule has 1 heterocycles. The van der Waals surface area contributed by atoms with Crippen molar-refractivity contribution in [3.8, 4) is 5.88 Å². The summed E-state index contributed by atoms with van der Waals surface area (Å²) in [5.74, 6) is 0.133. The molecule has 0 atom stereocenters. The van der Waals surface area contributed by atoms with Crippen molar-refractivity contribution in [3.05, 3.63) is 16.4 Å². The fourth-order valence-corrected chi connectivity index (χ4v) is 1.18. The first-order chi connectivity index (χ1) is 7.91. The highest BCUT2D eigenvalue weighted by Gasteiger charge is 2.27. The van der Waals surface area contributed by atoms with Gasteiger partial charge < -0.3 is 10.1 Å². The molecule has 1 N–H and O–H groups in total. The quantitative estimate of drug-likeness (QED) is 0.625. The van der Waals surface area contributed by atoms with Gasteiger partial charge in [0.05, 0.1) is 12.0 Å². The van der Waals surface area contributed by atoms with E-state index >= 15 is 0 Å². The van der Waals surface area contributed by atoms with Crippen LogP contribution < -0.4 is 10.1 Å². The smallest absolute Gasteiger partial charge is 0.372 e. The van der Waals surface area contributed by atoms with Crippen molar-refractivity contribution >= 4 is 11.5 Å². The normalized spacial score (nSPS) is 11.1. The van der Waals surface area contributed by atoms with E-state index in [4.69, 9.17) is 4.74 Å². The van der Waals surface area contributed by atoms with Crippen LogP contribution in [-0.4, -0.2) is 27.5 Å². The van der Waals surface area contributed by atoms with E-state index in [0.29, 0.717) is 0 Å². The Labute approximate surface area is 99.4 Å². The van der Waals surface area contributed by atoms with Crippen LogP contribution in [0.1, 0.15) is 27.2 Å². The monoisotopic (exact) mass is 240 g/mol. The molecule has 94 valence electrons. The van der Waals surface area contributed by atoms with Gasteiger partial charge in [-0.3, -0.25) is 10.1 Å². The van der Waals surface area contributed by atoms with Gasteiger partial charge in [0.2, 0.25) is 5.82 Å². The number of hydrogen-bond donors (Lipinski definition) is 1. The summed E-state index contributed by atoms with van der Waals surface area (Å²) in [5, 5.41) is 14.0. The zero-order chi connectivity index (χ0) is 13.1. The summed E-state index contributed by atoms with van der Waals surface area (Å²) in [4.78, 5) is 18.1. The molecule has 0 aromatic carbocycles. The molecule has 1 rings (SSSR count). The van der Waals surface area contributed by atoms with Crippen molar-refractivity contribution in [2.45, 2.75) is 32.7 Å². The number of nitrogens with one attached hydrogen (secondary N) is 1. The number of ether oxygens (including phenoxy) is 1. The van der Waals surface area contributed by atoms with Crippen LogP contribution in [0.2, 0.25) is 0 Å². The number of hydrogen-bond acceptors (Lipinski definition) is 6. The van der Waals surface area contributed by atoms with E-state index in [1.54, 1.807) is 0 Å². The zero-order valence-electron chi connectivity index (χ0n) is 10.4. The highest BCUT2D eigenvalue weighted by molar-refractivity contribution is 5.61. The lowest BCUT2D eigenvalue weighted by Gasteiger charge is -2.24. The van der Waals surface area contributed by atoms with Crippen LogP contribution >= 0.6 is 0 Å². The third-order valence-corrected chi connectivity index (χ3v) is 2.51. The predicted octanol–water partition coefficient (Wildman–Crippen LogP) is 1.99. The maximum atomic E-state index is 11.0. The molecule has 0 saturated heterocycles. The van der Waals surface area contributed by atoms with E-state index in [1.807, 2.05) is 20.8 Å². The highest BCUT2D eigenvalue weighted by Crippen LogP contribution is 2.32. The molecular formula is C10H16N4O3. The van der Waals surface area contributed by atoms with Crippen molar-refractivity contribution in [2.24, 2.45) is 0 Å². The zero-order valence-corrected chi connectivity index (χ0v) is 10.4. The summed E-state index contributed by atoms with van der Waals surface area (Å²) in [6, 6.07) is 0. The predicted molar refractivity (Wildman–Crippen MR) is 63.2 cm³/mol. The van der Waals surface area contributed by atoms with Crippen LogP contribution in [0.4, 0.5) is 11.5 Å². The lowest BCUT2D eigenvalue weighted by molar-refractivity contribution is -0.385. The minimum Gasteiger partial charge on any atom is -0.476 e. The fourth-order valence-electron chi connectivity index (χ4n) is 1.18. The SMILES string of the molecule is CCC(C)(C)Nc1ncnc(OC)c1[N+](=O)[O-]. The van der Waals surface area contributed by atoms with Gasteiger partial charge in [0.25, 0.3) is 5.88 Å². The Kier molecular flexibility index (Phi) is 3.82. The van der Waals surface area contributed by atoms with E-state index in [-0.39, 0.29) is 22.9 Å². The van der Waals surface area contributed by atoms with Gasteiger partial charge in [0, 0.05) is 5.54 Å². The lowest BCUT2D eigenvalue weighted by atomic mass is 10.0. The Morgan fingerprint density at radius 2 is 2.18 bits per heavy atom. The minimum atomic E-state index is -0.549. The van der Waals surface area contributed by atoms with Crippen molar-refractivity contribution in [1.82, 2.24) is 9.97 Å². The van der Waals surface area contributed by atoms with Gasteiger partial charge in [-0.2, -0.15) is 4.98 Å². The molecule has 0 radical (unpaired) electrons. The Morgan fingerprint density at radius 3 is 2.65 bits per heavy atom. The van der Waals surface area contributed by atoms with E-state index in [2.05, 4.69) is 15.3 Å². The molecule has 1 aromatic rings. The van der Waals surface area contributed by atoms with Crippen LogP contribution in [0, 0.1) is 10.1 Å². The molecule has 0 bridgehead atoms. The summed E-state index contributed by atoms with van der Waals surface area (Å²) < 4.78 is 4.86. The lowest BCUT2D eigenvalue weighted by Crippen LogP contribution is -2.30. The van der Waals surface area contributed by atoms with Gasteiger partial charge in [0.15, 0.2) is 0 Å². The fraction of sp³-hybridized carbons (Fsp3) is 0.600. The second-order valence-electron chi connectivity index (χ2n) is 4.20. The molecule has 0 aliphatic heterocycles. The van der Waals surface area contributed by atoms with Gasteiger partial charge >= 0.3 is 5.69 Å². The second-order valence-corrected chi connectivity index (χ2v) is 4.20. The first kappa shape index (κ1) is 13.1. The van der Waals surface area contributed by atoms with Crippen LogP contribution in [-0.2, 0) is 0 Å². The Morgan fingerprint density at radius 1 is 1.53 bits per heavy atom. The molecule has 0 fully saturated rings. The van der Waals surface area contributed by atoms with Crippen LogP contribution in [0.25, 0.3) is 0 Å². The third-order valence-electron chi connectivity index (χ3n) is 2.51. The molecule has 0 amide bonds. The maximum absolute atomic E-state index is 11.0. The van der Waals surface area contributed by atoms with E-state index in [0.717, 1.165) is 6.42 Å². The van der Waals surface area contributed by atoms with Gasteiger partial charge in [-0.15, -0.1) is 0 Å². The number of anilines is 1. The average Bonchev–Trinajstić information content (AvgIpc) is 2.27. The first-order valence-corrected chi connectivity index (χ1v) is 5.23. The summed E-state index contributed by atoms with van der Waals surface area (Å²) in [7, 11) is 1.34. The number of nitrogens with zero attached hydrogens (tertiary/aromatic N) is 3. The molecule has 0 aliphatic rings. The van der Waals surface area contributed by atoms with E-state index in [9.17, 15) is 10.1 Å². The number of rotatable bonds is 5. The molecule has 17 heavy (non-hydrogen) atoms. The van der Waals surface area contributed by atoms with Crippen molar-refractivity contribution in [3.63, 3.8) is 0 Å². The maximum Gasteiger partial charge on any atom is 0.372 e. The topological polar surface area (TPSA) is 90.2 Å². The van der Waals surface area contributed by atoms with Gasteiger partial charge in [-0.1, -0.05) is 6.92 Å². The van der Waals surface area contributed by atoms with Crippen LogP contribution in [0.15, 0.2) is 6.33 Å². The standard InChI is InChI=1S/C10H16N4O3/c1-5-10(2,3)13-8-7(14(15)16)9(17-4)12-6-11-8/h6H,5H2,1-4H3,(H,11,12,13). The second kappa shape index (κ2) is 4.94. The molecule has 0 unspecified atom stereocenters. The summed E-state index contributed by atoms with van der Waals surface area (Å²) >= 11 is 0. The molecule has 7 nitrogen and oxygen atoms in total. The van der Waals surface area contributed by atoms with Crippen molar-refractivity contribution in [1.29, 1.82) is 0 Å². The molecule has 0 spiro atoms. The Bertz CT molecular complexity index is 420. The van der Waals surface area contributed by atoms with Gasteiger partial charge in [-0.05, 0) is 20.3 Å². The highest BCUT2D eigenvalue weighted by atomic mass is 16.6.